The van der Waals surface area contributed by atoms with Crippen molar-refractivity contribution >= 4 is 10.0 Å². The summed E-state index contributed by atoms with van der Waals surface area (Å²) in [4.78, 5) is 0. The Morgan fingerprint density at radius 1 is 1.35 bits per heavy atom. The van der Waals surface area contributed by atoms with Crippen molar-refractivity contribution in [1.82, 2.24) is 4.72 Å². The summed E-state index contributed by atoms with van der Waals surface area (Å²) < 4.78 is 32.1. The van der Waals surface area contributed by atoms with Gasteiger partial charge >= 0.3 is 0 Å². The fourth-order valence-electron chi connectivity index (χ4n) is 2.33. The van der Waals surface area contributed by atoms with Gasteiger partial charge in [0.2, 0.25) is 10.0 Å². The van der Waals surface area contributed by atoms with Crippen molar-refractivity contribution in [3.63, 3.8) is 0 Å². The van der Waals surface area contributed by atoms with Gasteiger partial charge in [0.1, 0.15) is 0 Å². The Morgan fingerprint density at radius 2 is 2.15 bits per heavy atom. The molecule has 1 unspecified atom stereocenters. The molecule has 0 aliphatic carbocycles. The fraction of sp³-hybridized carbons (Fsp3) is 0.571. The van der Waals surface area contributed by atoms with Gasteiger partial charge in [0, 0.05) is 19.7 Å². The number of nitrogens with one attached hydrogen (secondary N) is 1. The van der Waals surface area contributed by atoms with Crippen molar-refractivity contribution in [3.05, 3.63) is 35.4 Å². The van der Waals surface area contributed by atoms with Crippen LogP contribution in [0.15, 0.2) is 24.3 Å². The summed E-state index contributed by atoms with van der Waals surface area (Å²) in [7, 11) is -3.31. The Balaban J connectivity index is 1.89. The first-order valence-electron chi connectivity index (χ1n) is 6.92. The van der Waals surface area contributed by atoms with Gasteiger partial charge in [-0.25, -0.2) is 13.1 Å². The van der Waals surface area contributed by atoms with Crippen LogP contribution in [0.5, 0.6) is 0 Å². The fourth-order valence-corrected chi connectivity index (χ4v) is 3.54. The molecule has 1 aromatic rings. The average Bonchev–Trinajstić information content (AvgIpc) is 2.46. The van der Waals surface area contributed by atoms with Gasteiger partial charge in [0.05, 0.1) is 12.4 Å². The van der Waals surface area contributed by atoms with E-state index in [1.165, 1.54) is 0 Å². The van der Waals surface area contributed by atoms with Crippen molar-refractivity contribution in [3.8, 4) is 0 Å². The molecule has 0 radical (unpaired) electrons. The molecule has 0 amide bonds. The number of nitrogens with two attached hydrogens (primary N) is 1. The highest BCUT2D eigenvalue weighted by Crippen LogP contribution is 2.13. The molecule has 0 saturated carbocycles. The van der Waals surface area contributed by atoms with E-state index in [1.54, 1.807) is 0 Å². The van der Waals surface area contributed by atoms with E-state index in [1.807, 2.05) is 24.3 Å². The van der Waals surface area contributed by atoms with Gasteiger partial charge in [-0.05, 0) is 29.9 Å². The highest BCUT2D eigenvalue weighted by atomic mass is 32.2. The van der Waals surface area contributed by atoms with Crippen LogP contribution in [-0.4, -0.2) is 28.2 Å². The molecular formula is C14H22N2O3S. The Bertz CT molecular complexity index is 525. The first-order valence-corrected chi connectivity index (χ1v) is 8.57. The molecule has 1 heterocycles. The zero-order valence-electron chi connectivity index (χ0n) is 11.5. The van der Waals surface area contributed by atoms with Gasteiger partial charge in [-0.1, -0.05) is 24.3 Å². The first-order chi connectivity index (χ1) is 9.59. The van der Waals surface area contributed by atoms with Crippen LogP contribution >= 0.6 is 0 Å². The minimum Gasteiger partial charge on any atom is -0.381 e. The van der Waals surface area contributed by atoms with Gasteiger partial charge in [-0.15, -0.1) is 0 Å². The highest BCUT2D eigenvalue weighted by Gasteiger charge is 2.18. The maximum absolute atomic E-state index is 12.1. The van der Waals surface area contributed by atoms with Gasteiger partial charge in [0.25, 0.3) is 0 Å². The molecule has 1 aliphatic rings. The SMILES string of the molecule is NCc1cccc(CS(=O)(=O)NCC2CCCOC2)c1. The molecule has 20 heavy (non-hydrogen) atoms. The predicted molar refractivity (Wildman–Crippen MR) is 78.5 cm³/mol. The summed E-state index contributed by atoms with van der Waals surface area (Å²) >= 11 is 0. The third-order valence-corrected chi connectivity index (χ3v) is 4.75. The summed E-state index contributed by atoms with van der Waals surface area (Å²) in [6.45, 7) is 2.31. The third-order valence-electron chi connectivity index (χ3n) is 3.43. The lowest BCUT2D eigenvalue weighted by Crippen LogP contribution is -2.33. The Kier molecular flexibility index (Phi) is 5.54. The van der Waals surface area contributed by atoms with E-state index in [-0.39, 0.29) is 11.7 Å². The lowest BCUT2D eigenvalue weighted by atomic mass is 10.0. The number of sulfonamides is 1. The number of benzene rings is 1. The molecule has 0 aromatic heterocycles. The van der Waals surface area contributed by atoms with Crippen molar-refractivity contribution in [2.45, 2.75) is 25.1 Å². The Hall–Kier alpha value is -0.950. The molecule has 6 heteroatoms. The highest BCUT2D eigenvalue weighted by molar-refractivity contribution is 7.88. The second-order valence-electron chi connectivity index (χ2n) is 5.21. The van der Waals surface area contributed by atoms with Crippen LogP contribution in [0.3, 0.4) is 0 Å². The normalized spacial score (nSPS) is 19.9. The second-order valence-corrected chi connectivity index (χ2v) is 7.02. The maximum Gasteiger partial charge on any atom is 0.215 e. The summed E-state index contributed by atoms with van der Waals surface area (Å²) in [5.74, 6) is 0.280. The molecule has 1 aliphatic heterocycles. The number of rotatable bonds is 6. The average molecular weight is 298 g/mol. The minimum atomic E-state index is -3.31. The van der Waals surface area contributed by atoms with Gasteiger partial charge < -0.3 is 10.5 Å². The van der Waals surface area contributed by atoms with Gasteiger partial charge in [-0.3, -0.25) is 0 Å². The van der Waals surface area contributed by atoms with Crippen molar-refractivity contribution in [2.24, 2.45) is 11.7 Å². The molecule has 1 saturated heterocycles. The van der Waals surface area contributed by atoms with E-state index in [9.17, 15) is 8.42 Å². The largest absolute Gasteiger partial charge is 0.381 e. The standard InChI is InChI=1S/C14H22N2O3S/c15-8-12-3-1-4-13(7-12)11-20(17,18)16-9-14-5-2-6-19-10-14/h1,3-4,7,14,16H,2,5-6,8-11,15H2. The van der Waals surface area contributed by atoms with E-state index in [0.29, 0.717) is 19.7 Å². The summed E-state index contributed by atoms with van der Waals surface area (Å²) in [5, 5.41) is 0. The van der Waals surface area contributed by atoms with Crippen LogP contribution < -0.4 is 10.5 Å². The molecule has 1 fully saturated rings. The molecule has 3 N–H and O–H groups in total. The molecule has 112 valence electrons. The molecule has 5 nitrogen and oxygen atoms in total. The quantitative estimate of drug-likeness (QED) is 0.820. The minimum absolute atomic E-state index is 0.00554. The number of hydrogen-bond donors (Lipinski definition) is 2. The Morgan fingerprint density at radius 3 is 2.85 bits per heavy atom. The predicted octanol–water partition coefficient (Wildman–Crippen LogP) is 0.991. The van der Waals surface area contributed by atoms with Gasteiger partial charge in [0.15, 0.2) is 0 Å². The van der Waals surface area contributed by atoms with Crippen LogP contribution in [0.25, 0.3) is 0 Å². The van der Waals surface area contributed by atoms with Crippen LogP contribution in [0.1, 0.15) is 24.0 Å². The Labute approximate surface area is 120 Å². The summed E-state index contributed by atoms with van der Waals surface area (Å²) in [6.07, 6.45) is 2.02. The molecule has 0 bridgehead atoms. The van der Waals surface area contributed by atoms with Crippen molar-refractivity contribution in [2.75, 3.05) is 19.8 Å². The first kappa shape index (κ1) is 15.4. The molecule has 0 spiro atoms. The topological polar surface area (TPSA) is 81.4 Å². The lowest BCUT2D eigenvalue weighted by molar-refractivity contribution is 0.0568. The van der Waals surface area contributed by atoms with Crippen molar-refractivity contribution < 1.29 is 13.2 Å². The number of ether oxygens (including phenoxy) is 1. The summed E-state index contributed by atoms with van der Waals surface area (Å²) in [5.41, 5.74) is 7.27. The van der Waals surface area contributed by atoms with E-state index in [4.69, 9.17) is 10.5 Å². The van der Waals surface area contributed by atoms with E-state index in [0.717, 1.165) is 30.6 Å². The van der Waals surface area contributed by atoms with Crippen LogP contribution in [0.4, 0.5) is 0 Å². The maximum atomic E-state index is 12.1. The van der Waals surface area contributed by atoms with E-state index in [2.05, 4.69) is 4.72 Å². The van der Waals surface area contributed by atoms with E-state index >= 15 is 0 Å². The van der Waals surface area contributed by atoms with Crippen LogP contribution in [-0.2, 0) is 27.1 Å². The molecule has 1 aromatic carbocycles. The molecule has 1 atom stereocenters. The van der Waals surface area contributed by atoms with Crippen LogP contribution in [0, 0.1) is 5.92 Å². The lowest BCUT2D eigenvalue weighted by Gasteiger charge is -2.22. The molecule has 2 rings (SSSR count). The zero-order valence-corrected chi connectivity index (χ0v) is 12.4. The monoisotopic (exact) mass is 298 g/mol. The van der Waals surface area contributed by atoms with E-state index < -0.39 is 10.0 Å². The smallest absolute Gasteiger partial charge is 0.215 e. The second kappa shape index (κ2) is 7.17. The zero-order chi connectivity index (χ0) is 14.4. The van der Waals surface area contributed by atoms with Crippen molar-refractivity contribution in [1.29, 1.82) is 0 Å². The number of hydrogen-bond acceptors (Lipinski definition) is 4. The van der Waals surface area contributed by atoms with Gasteiger partial charge in [-0.2, -0.15) is 0 Å². The third kappa shape index (κ3) is 4.86. The summed E-state index contributed by atoms with van der Waals surface area (Å²) in [6, 6.07) is 7.37. The van der Waals surface area contributed by atoms with Crippen LogP contribution in [0.2, 0.25) is 0 Å². The molecular weight excluding hydrogens is 276 g/mol.